The maximum absolute atomic E-state index is 12.3. The van der Waals surface area contributed by atoms with E-state index in [2.05, 4.69) is 4.98 Å². The summed E-state index contributed by atoms with van der Waals surface area (Å²) in [6.07, 6.45) is -1.27. The molecule has 0 saturated heterocycles. The third kappa shape index (κ3) is 3.63. The van der Waals surface area contributed by atoms with E-state index in [1.807, 2.05) is 0 Å². The van der Waals surface area contributed by atoms with Crippen molar-refractivity contribution in [1.29, 1.82) is 0 Å². The van der Waals surface area contributed by atoms with Crippen LogP contribution in [0.25, 0.3) is 0 Å². The summed E-state index contributed by atoms with van der Waals surface area (Å²) in [5.41, 5.74) is 5.53. The van der Waals surface area contributed by atoms with Crippen molar-refractivity contribution < 1.29 is 18.7 Å². The van der Waals surface area contributed by atoms with E-state index in [1.54, 1.807) is 0 Å². The van der Waals surface area contributed by atoms with Gasteiger partial charge in [-0.25, -0.2) is 13.8 Å². The summed E-state index contributed by atoms with van der Waals surface area (Å²) >= 11 is 0. The fourth-order valence-electron chi connectivity index (χ4n) is 1.33. The Kier molecular flexibility index (Phi) is 4.77. The third-order valence-corrected chi connectivity index (χ3v) is 2.08. The Labute approximate surface area is 96.9 Å². The first-order valence-corrected chi connectivity index (χ1v) is 4.95. The minimum absolute atomic E-state index is 0.0188. The van der Waals surface area contributed by atoms with E-state index in [-0.39, 0.29) is 17.9 Å². The van der Waals surface area contributed by atoms with Crippen LogP contribution in [0.15, 0.2) is 18.3 Å². The number of carbonyl (C=O) groups is 1. The number of rotatable bonds is 5. The number of nitrogens with two attached hydrogens (primary N) is 1. The summed E-state index contributed by atoms with van der Waals surface area (Å²) in [5.74, 6) is -0.681. The zero-order valence-corrected chi connectivity index (χ0v) is 9.01. The summed E-state index contributed by atoms with van der Waals surface area (Å²) < 4.78 is 24.5. The van der Waals surface area contributed by atoms with Crippen molar-refractivity contribution in [1.82, 2.24) is 9.88 Å². The second-order valence-electron chi connectivity index (χ2n) is 3.30. The fraction of sp³-hybridized carbons (Fsp3) is 0.400. The molecule has 0 unspecified atom stereocenters. The van der Waals surface area contributed by atoms with Crippen molar-refractivity contribution in [2.45, 2.75) is 6.43 Å². The molecule has 0 bridgehead atoms. The highest BCUT2D eigenvalue weighted by Crippen LogP contribution is 2.11. The van der Waals surface area contributed by atoms with Crippen LogP contribution in [0.5, 0.6) is 0 Å². The van der Waals surface area contributed by atoms with Crippen LogP contribution in [0.3, 0.4) is 0 Å². The standard InChI is InChI=1S/C10H13F2N3O2/c11-8(12)6-15(4-5-16)10(17)7-2-1-3-14-9(7)13/h1-3,8,16H,4-6H2,(H2,13,14). The predicted octanol–water partition coefficient (Wildman–Crippen LogP) is 0.363. The maximum Gasteiger partial charge on any atom is 0.257 e. The molecule has 7 heteroatoms. The monoisotopic (exact) mass is 245 g/mol. The van der Waals surface area contributed by atoms with Crippen LogP contribution in [-0.2, 0) is 0 Å². The SMILES string of the molecule is Nc1ncccc1C(=O)N(CCO)CC(F)F. The topological polar surface area (TPSA) is 79.5 Å². The van der Waals surface area contributed by atoms with Gasteiger partial charge in [0.15, 0.2) is 0 Å². The van der Waals surface area contributed by atoms with Crippen LogP contribution in [0.1, 0.15) is 10.4 Å². The van der Waals surface area contributed by atoms with Crippen molar-refractivity contribution in [3.8, 4) is 0 Å². The molecular formula is C10H13F2N3O2. The summed E-state index contributed by atoms with van der Waals surface area (Å²) in [6, 6.07) is 2.89. The van der Waals surface area contributed by atoms with E-state index in [4.69, 9.17) is 10.8 Å². The molecule has 0 aliphatic heterocycles. The van der Waals surface area contributed by atoms with Gasteiger partial charge in [0.25, 0.3) is 12.3 Å². The average molecular weight is 245 g/mol. The van der Waals surface area contributed by atoms with Crippen LogP contribution in [0, 0.1) is 0 Å². The van der Waals surface area contributed by atoms with E-state index in [9.17, 15) is 13.6 Å². The lowest BCUT2D eigenvalue weighted by molar-refractivity contribution is 0.0510. The van der Waals surface area contributed by atoms with E-state index >= 15 is 0 Å². The van der Waals surface area contributed by atoms with Gasteiger partial charge in [0.05, 0.1) is 18.7 Å². The first kappa shape index (κ1) is 13.3. The molecule has 1 amide bonds. The minimum Gasteiger partial charge on any atom is -0.395 e. The Morgan fingerprint density at radius 3 is 2.82 bits per heavy atom. The van der Waals surface area contributed by atoms with Gasteiger partial charge in [-0.05, 0) is 12.1 Å². The first-order chi connectivity index (χ1) is 8.06. The van der Waals surface area contributed by atoms with Crippen LogP contribution in [0.2, 0.25) is 0 Å². The second-order valence-corrected chi connectivity index (χ2v) is 3.30. The molecule has 0 aromatic carbocycles. The molecule has 5 nitrogen and oxygen atoms in total. The van der Waals surface area contributed by atoms with E-state index in [1.165, 1.54) is 18.3 Å². The molecular weight excluding hydrogens is 232 g/mol. The van der Waals surface area contributed by atoms with E-state index < -0.39 is 25.5 Å². The average Bonchev–Trinajstić information content (AvgIpc) is 2.28. The lowest BCUT2D eigenvalue weighted by atomic mass is 10.2. The molecule has 1 heterocycles. The number of carbonyl (C=O) groups excluding carboxylic acids is 1. The van der Waals surface area contributed by atoms with Gasteiger partial charge in [-0.3, -0.25) is 4.79 Å². The number of alkyl halides is 2. The molecule has 0 aliphatic carbocycles. The normalized spacial score (nSPS) is 10.6. The zero-order chi connectivity index (χ0) is 12.8. The molecule has 0 saturated carbocycles. The number of aromatic nitrogens is 1. The van der Waals surface area contributed by atoms with Crippen LogP contribution >= 0.6 is 0 Å². The predicted molar refractivity (Wildman–Crippen MR) is 57.6 cm³/mol. The van der Waals surface area contributed by atoms with Gasteiger partial charge >= 0.3 is 0 Å². The zero-order valence-electron chi connectivity index (χ0n) is 9.01. The summed E-state index contributed by atoms with van der Waals surface area (Å²) in [7, 11) is 0. The smallest absolute Gasteiger partial charge is 0.257 e. The number of aliphatic hydroxyl groups excluding tert-OH is 1. The first-order valence-electron chi connectivity index (χ1n) is 4.95. The number of aliphatic hydroxyl groups is 1. The Morgan fingerprint density at radius 1 is 1.59 bits per heavy atom. The van der Waals surface area contributed by atoms with E-state index in [0.29, 0.717) is 0 Å². The Balaban J connectivity index is 2.88. The summed E-state index contributed by atoms with van der Waals surface area (Å²) in [4.78, 5) is 16.4. The van der Waals surface area contributed by atoms with Gasteiger partial charge in [-0.1, -0.05) is 0 Å². The Hall–Kier alpha value is -1.76. The minimum atomic E-state index is -2.66. The molecule has 1 aromatic rings. The van der Waals surface area contributed by atoms with Gasteiger partial charge in [0.1, 0.15) is 5.82 Å². The molecule has 0 atom stereocenters. The lowest BCUT2D eigenvalue weighted by Gasteiger charge is -2.21. The lowest BCUT2D eigenvalue weighted by Crippen LogP contribution is -2.37. The molecule has 0 spiro atoms. The molecule has 17 heavy (non-hydrogen) atoms. The number of hydrogen-bond donors (Lipinski definition) is 2. The van der Waals surface area contributed by atoms with Gasteiger partial charge in [-0.15, -0.1) is 0 Å². The Bertz CT molecular complexity index is 388. The third-order valence-electron chi connectivity index (χ3n) is 2.08. The van der Waals surface area contributed by atoms with Crippen molar-refractivity contribution in [3.05, 3.63) is 23.9 Å². The summed E-state index contributed by atoms with van der Waals surface area (Å²) in [6.45, 7) is -1.30. The maximum atomic E-state index is 12.3. The number of nitrogen functional groups attached to an aromatic ring is 1. The highest BCUT2D eigenvalue weighted by Gasteiger charge is 2.21. The van der Waals surface area contributed by atoms with Crippen molar-refractivity contribution in [2.24, 2.45) is 0 Å². The van der Waals surface area contributed by atoms with Crippen LogP contribution < -0.4 is 5.73 Å². The van der Waals surface area contributed by atoms with Crippen molar-refractivity contribution in [3.63, 3.8) is 0 Å². The Morgan fingerprint density at radius 2 is 2.29 bits per heavy atom. The molecule has 1 aromatic heterocycles. The number of nitrogens with zero attached hydrogens (tertiary/aromatic N) is 2. The summed E-state index contributed by atoms with van der Waals surface area (Å²) in [5, 5.41) is 8.73. The van der Waals surface area contributed by atoms with Gasteiger partial charge in [0.2, 0.25) is 0 Å². The highest BCUT2D eigenvalue weighted by atomic mass is 19.3. The molecule has 0 fully saturated rings. The van der Waals surface area contributed by atoms with Crippen molar-refractivity contribution >= 4 is 11.7 Å². The van der Waals surface area contributed by atoms with Crippen LogP contribution in [0.4, 0.5) is 14.6 Å². The number of amides is 1. The fourth-order valence-corrected chi connectivity index (χ4v) is 1.33. The van der Waals surface area contributed by atoms with Gasteiger partial charge in [-0.2, -0.15) is 0 Å². The van der Waals surface area contributed by atoms with Gasteiger partial charge < -0.3 is 15.7 Å². The molecule has 0 aliphatic rings. The number of anilines is 1. The number of hydrogen-bond acceptors (Lipinski definition) is 4. The molecule has 3 N–H and O–H groups in total. The largest absolute Gasteiger partial charge is 0.395 e. The molecule has 1 rings (SSSR count). The van der Waals surface area contributed by atoms with E-state index in [0.717, 1.165) is 4.90 Å². The highest BCUT2D eigenvalue weighted by molar-refractivity contribution is 5.98. The van der Waals surface area contributed by atoms with Crippen LogP contribution in [-0.4, -0.2) is 47.0 Å². The molecule has 94 valence electrons. The number of halogens is 2. The second kappa shape index (κ2) is 6.09. The quantitative estimate of drug-likeness (QED) is 0.785. The number of pyridine rings is 1. The van der Waals surface area contributed by atoms with Crippen molar-refractivity contribution in [2.75, 3.05) is 25.4 Å². The van der Waals surface area contributed by atoms with Gasteiger partial charge in [0, 0.05) is 12.7 Å². The molecule has 0 radical (unpaired) electrons.